The van der Waals surface area contributed by atoms with Crippen LogP contribution in [0.2, 0.25) is 0 Å². The van der Waals surface area contributed by atoms with Crippen molar-refractivity contribution < 1.29 is 12.8 Å². The summed E-state index contributed by atoms with van der Waals surface area (Å²) >= 11 is 0. The summed E-state index contributed by atoms with van der Waals surface area (Å²) in [6.07, 6.45) is 6.77. The molecule has 0 bridgehead atoms. The SMILES string of the molecule is Cc1ccc(S(=O)(=O)N2C=CC=C[C@H]2c2ccc(F)cc2)cc1. The van der Waals surface area contributed by atoms with Gasteiger partial charge in [0.1, 0.15) is 5.82 Å². The molecule has 0 fully saturated rings. The van der Waals surface area contributed by atoms with E-state index in [1.54, 1.807) is 54.6 Å². The predicted molar refractivity (Wildman–Crippen MR) is 87.6 cm³/mol. The van der Waals surface area contributed by atoms with E-state index in [9.17, 15) is 12.8 Å². The van der Waals surface area contributed by atoms with Crippen LogP contribution >= 0.6 is 0 Å². The number of hydrogen-bond acceptors (Lipinski definition) is 2. The second-order valence-electron chi connectivity index (χ2n) is 5.37. The van der Waals surface area contributed by atoms with Gasteiger partial charge >= 0.3 is 0 Å². The van der Waals surface area contributed by atoms with Gasteiger partial charge in [-0.25, -0.2) is 12.8 Å². The number of halogens is 1. The van der Waals surface area contributed by atoms with Crippen molar-refractivity contribution in [2.75, 3.05) is 0 Å². The molecule has 0 saturated carbocycles. The third-order valence-electron chi connectivity index (χ3n) is 3.72. The molecular weight excluding hydrogens is 313 g/mol. The molecule has 3 rings (SSSR count). The highest BCUT2D eigenvalue weighted by Crippen LogP contribution is 2.31. The van der Waals surface area contributed by atoms with E-state index in [4.69, 9.17) is 0 Å². The van der Waals surface area contributed by atoms with Crippen molar-refractivity contribution in [1.82, 2.24) is 4.31 Å². The highest BCUT2D eigenvalue weighted by atomic mass is 32.2. The molecule has 1 aliphatic rings. The first-order valence-corrected chi connectivity index (χ1v) is 8.63. The number of aryl methyl sites for hydroxylation is 1. The fourth-order valence-corrected chi connectivity index (χ4v) is 3.91. The Hall–Kier alpha value is -2.40. The van der Waals surface area contributed by atoms with Gasteiger partial charge in [0.05, 0.1) is 10.9 Å². The molecule has 0 aromatic heterocycles. The smallest absolute Gasteiger partial charge is 0.262 e. The van der Waals surface area contributed by atoms with Crippen LogP contribution in [0.1, 0.15) is 17.2 Å². The van der Waals surface area contributed by atoms with Gasteiger partial charge in [-0.1, -0.05) is 42.0 Å². The summed E-state index contributed by atoms with van der Waals surface area (Å²) in [6, 6.07) is 12.1. The zero-order valence-corrected chi connectivity index (χ0v) is 13.4. The highest BCUT2D eigenvalue weighted by Gasteiger charge is 2.29. The Morgan fingerprint density at radius 2 is 1.61 bits per heavy atom. The van der Waals surface area contributed by atoms with Crippen LogP contribution in [-0.2, 0) is 10.0 Å². The molecule has 3 nitrogen and oxygen atoms in total. The van der Waals surface area contributed by atoms with Gasteiger partial charge in [0.2, 0.25) is 0 Å². The molecule has 0 saturated heterocycles. The molecule has 5 heteroatoms. The molecule has 2 aromatic carbocycles. The van der Waals surface area contributed by atoms with E-state index in [2.05, 4.69) is 0 Å². The first-order chi connectivity index (χ1) is 11.0. The zero-order valence-electron chi connectivity index (χ0n) is 12.6. The number of benzene rings is 2. The molecule has 0 spiro atoms. The lowest BCUT2D eigenvalue weighted by atomic mass is 10.1. The number of nitrogens with zero attached hydrogens (tertiary/aromatic N) is 1. The molecule has 0 unspecified atom stereocenters. The van der Waals surface area contributed by atoms with E-state index in [1.807, 2.05) is 6.92 Å². The largest absolute Gasteiger partial charge is 0.264 e. The van der Waals surface area contributed by atoms with Crippen LogP contribution < -0.4 is 0 Å². The maximum absolute atomic E-state index is 13.1. The van der Waals surface area contributed by atoms with Crippen LogP contribution in [0.25, 0.3) is 0 Å². The van der Waals surface area contributed by atoms with E-state index in [0.717, 1.165) is 5.56 Å². The minimum Gasteiger partial charge on any atom is -0.262 e. The number of rotatable bonds is 3. The van der Waals surface area contributed by atoms with Gasteiger partial charge in [-0.2, -0.15) is 0 Å². The molecule has 1 aliphatic heterocycles. The molecule has 23 heavy (non-hydrogen) atoms. The second kappa shape index (κ2) is 6.01. The predicted octanol–water partition coefficient (Wildman–Crippen LogP) is 3.95. The third-order valence-corrected chi connectivity index (χ3v) is 5.49. The molecule has 0 aliphatic carbocycles. The maximum Gasteiger partial charge on any atom is 0.264 e. The summed E-state index contributed by atoms with van der Waals surface area (Å²) in [5.74, 6) is -0.350. The summed E-state index contributed by atoms with van der Waals surface area (Å²) in [6.45, 7) is 1.90. The maximum atomic E-state index is 13.1. The fraction of sp³-hybridized carbons (Fsp3) is 0.111. The summed E-state index contributed by atoms with van der Waals surface area (Å²) in [7, 11) is -3.68. The van der Waals surface area contributed by atoms with Gasteiger partial charge in [-0.3, -0.25) is 4.31 Å². The standard InChI is InChI=1S/C18H16FNO2S/c1-14-5-11-17(12-6-14)23(21,22)20-13-3-2-4-18(20)15-7-9-16(19)10-8-15/h2-13,18H,1H3/t18-/m0/s1. The summed E-state index contributed by atoms with van der Waals surface area (Å²) in [4.78, 5) is 0.232. The number of allylic oxidation sites excluding steroid dienone is 2. The van der Waals surface area contributed by atoms with E-state index < -0.39 is 16.1 Å². The molecule has 118 valence electrons. The van der Waals surface area contributed by atoms with Gasteiger partial charge in [0, 0.05) is 6.20 Å². The molecular formula is C18H16FNO2S. The van der Waals surface area contributed by atoms with Gasteiger partial charge in [0.15, 0.2) is 0 Å². The quantitative estimate of drug-likeness (QED) is 0.855. The average molecular weight is 329 g/mol. The van der Waals surface area contributed by atoms with Crippen LogP contribution in [0.3, 0.4) is 0 Å². The minimum atomic E-state index is -3.68. The van der Waals surface area contributed by atoms with Crippen LogP contribution in [-0.4, -0.2) is 12.7 Å². The molecule has 0 radical (unpaired) electrons. The highest BCUT2D eigenvalue weighted by molar-refractivity contribution is 7.89. The molecule has 2 aromatic rings. The Kier molecular flexibility index (Phi) is 4.05. The van der Waals surface area contributed by atoms with Gasteiger partial charge in [-0.15, -0.1) is 0 Å². The monoisotopic (exact) mass is 329 g/mol. The van der Waals surface area contributed by atoms with Crippen molar-refractivity contribution >= 4 is 10.0 Å². The Morgan fingerprint density at radius 3 is 2.26 bits per heavy atom. The van der Waals surface area contributed by atoms with Gasteiger partial charge in [0.25, 0.3) is 10.0 Å². The third kappa shape index (κ3) is 3.05. The van der Waals surface area contributed by atoms with E-state index in [0.29, 0.717) is 5.56 Å². The molecule has 0 N–H and O–H groups in total. The van der Waals surface area contributed by atoms with Gasteiger partial charge in [-0.05, 0) is 42.8 Å². The molecule has 1 atom stereocenters. The van der Waals surface area contributed by atoms with Crippen LogP contribution in [0, 0.1) is 12.7 Å². The van der Waals surface area contributed by atoms with Crippen molar-refractivity contribution in [3.63, 3.8) is 0 Å². The Labute approximate surface area is 135 Å². The normalized spacial score (nSPS) is 17.5. The molecule has 0 amide bonds. The Balaban J connectivity index is 2.01. The minimum absolute atomic E-state index is 0.232. The fourth-order valence-electron chi connectivity index (χ4n) is 2.46. The van der Waals surface area contributed by atoms with Crippen molar-refractivity contribution in [2.24, 2.45) is 0 Å². The summed E-state index contributed by atoms with van der Waals surface area (Å²) < 4.78 is 40.3. The average Bonchev–Trinajstić information content (AvgIpc) is 2.56. The summed E-state index contributed by atoms with van der Waals surface area (Å²) in [5, 5.41) is 0. The first-order valence-electron chi connectivity index (χ1n) is 7.19. The van der Waals surface area contributed by atoms with E-state index >= 15 is 0 Å². The lowest BCUT2D eigenvalue weighted by Gasteiger charge is -2.30. The van der Waals surface area contributed by atoms with E-state index in [1.165, 1.54) is 22.6 Å². The number of sulfonamides is 1. The lowest BCUT2D eigenvalue weighted by Crippen LogP contribution is -2.30. The Bertz CT molecular complexity index is 853. The first kappa shape index (κ1) is 15.5. The van der Waals surface area contributed by atoms with Crippen LogP contribution in [0.15, 0.2) is 77.9 Å². The van der Waals surface area contributed by atoms with Crippen molar-refractivity contribution in [3.05, 3.63) is 89.9 Å². The van der Waals surface area contributed by atoms with Crippen molar-refractivity contribution in [1.29, 1.82) is 0 Å². The van der Waals surface area contributed by atoms with Crippen LogP contribution in [0.5, 0.6) is 0 Å². The van der Waals surface area contributed by atoms with Crippen molar-refractivity contribution in [3.8, 4) is 0 Å². The van der Waals surface area contributed by atoms with Crippen molar-refractivity contribution in [2.45, 2.75) is 17.9 Å². The topological polar surface area (TPSA) is 37.4 Å². The second-order valence-corrected chi connectivity index (χ2v) is 7.21. The van der Waals surface area contributed by atoms with Gasteiger partial charge < -0.3 is 0 Å². The summed E-state index contributed by atoms with van der Waals surface area (Å²) in [5.41, 5.74) is 1.70. The lowest BCUT2D eigenvalue weighted by molar-refractivity contribution is 0.454. The molecule has 1 heterocycles. The zero-order chi connectivity index (χ0) is 16.4. The Morgan fingerprint density at radius 1 is 0.957 bits per heavy atom. The van der Waals surface area contributed by atoms with Crippen LogP contribution in [0.4, 0.5) is 4.39 Å². The number of hydrogen-bond donors (Lipinski definition) is 0. The van der Waals surface area contributed by atoms with E-state index in [-0.39, 0.29) is 10.7 Å².